The first kappa shape index (κ1) is 23.6. The number of carbonyl (C=O) groups is 1. The number of aryl methyl sites for hydroxylation is 2. The predicted octanol–water partition coefficient (Wildman–Crippen LogP) is 2.41. The molecule has 0 bridgehead atoms. The fourth-order valence-corrected chi connectivity index (χ4v) is 6.29. The van der Waals surface area contributed by atoms with Crippen LogP contribution in [0.3, 0.4) is 0 Å². The number of ether oxygens (including phenoxy) is 3. The number of nitrogens with zero attached hydrogens (tertiary/aromatic N) is 2. The van der Waals surface area contributed by atoms with Gasteiger partial charge in [-0.05, 0) is 56.2 Å². The van der Waals surface area contributed by atoms with Gasteiger partial charge in [-0.1, -0.05) is 0 Å². The Hall–Kier alpha value is -3.11. The zero-order valence-corrected chi connectivity index (χ0v) is 20.7. The van der Waals surface area contributed by atoms with Gasteiger partial charge >= 0.3 is 5.69 Å². The van der Waals surface area contributed by atoms with Crippen LogP contribution in [0.1, 0.15) is 36.1 Å². The number of methoxy groups -OCH3 is 2. The number of amides is 1. The van der Waals surface area contributed by atoms with Crippen molar-refractivity contribution in [1.29, 1.82) is 0 Å². The highest BCUT2D eigenvalue weighted by atomic mass is 32.1. The monoisotopic (exact) mass is 499 g/mol. The highest BCUT2D eigenvalue weighted by Crippen LogP contribution is 2.35. The van der Waals surface area contributed by atoms with Crippen molar-refractivity contribution in [2.24, 2.45) is 0 Å². The fourth-order valence-electron chi connectivity index (χ4n) is 4.92. The van der Waals surface area contributed by atoms with Gasteiger partial charge in [-0.3, -0.25) is 14.2 Å². The van der Waals surface area contributed by atoms with Crippen LogP contribution >= 0.6 is 11.3 Å². The Labute approximate surface area is 206 Å². The molecule has 3 aromatic rings. The van der Waals surface area contributed by atoms with Crippen LogP contribution in [0.4, 0.5) is 0 Å². The maximum absolute atomic E-state index is 13.8. The predicted molar refractivity (Wildman–Crippen MR) is 133 cm³/mol. The molecule has 1 aliphatic carbocycles. The van der Waals surface area contributed by atoms with Crippen LogP contribution in [-0.4, -0.2) is 48.5 Å². The summed E-state index contributed by atoms with van der Waals surface area (Å²) >= 11 is 1.45. The minimum atomic E-state index is -0.572. The number of benzene rings is 1. The summed E-state index contributed by atoms with van der Waals surface area (Å²) in [7, 11) is 3.01. The van der Waals surface area contributed by atoms with Gasteiger partial charge in [0.25, 0.3) is 5.56 Å². The molecule has 1 atom stereocenters. The van der Waals surface area contributed by atoms with Crippen LogP contribution in [0, 0.1) is 0 Å². The summed E-state index contributed by atoms with van der Waals surface area (Å²) < 4.78 is 18.9. The van der Waals surface area contributed by atoms with Gasteiger partial charge in [-0.2, -0.15) is 0 Å². The summed E-state index contributed by atoms with van der Waals surface area (Å²) in [5.41, 5.74) is 0.353. The highest BCUT2D eigenvalue weighted by Gasteiger charge is 2.26. The zero-order valence-electron chi connectivity index (χ0n) is 19.9. The molecule has 1 amide bonds. The lowest BCUT2D eigenvalue weighted by atomic mass is 9.97. The van der Waals surface area contributed by atoms with Crippen LogP contribution in [0.2, 0.25) is 0 Å². The Morgan fingerprint density at radius 1 is 1.17 bits per heavy atom. The number of hydrogen-bond acceptors (Lipinski definition) is 7. The van der Waals surface area contributed by atoms with Crippen LogP contribution in [0.5, 0.6) is 11.5 Å². The molecule has 5 rings (SSSR count). The van der Waals surface area contributed by atoms with E-state index in [-0.39, 0.29) is 24.1 Å². The Kier molecular flexibility index (Phi) is 6.66. The summed E-state index contributed by atoms with van der Waals surface area (Å²) in [6, 6.07) is 4.94. The summed E-state index contributed by atoms with van der Waals surface area (Å²) in [6.07, 6.45) is 5.59. The standard InChI is InChI=1S/C25H29N3O6S/c1-32-15-9-10-18(19(12-15)33-2)28-23(30)22-17-7-3-4-8-20(17)35-24(22)27(25(28)31)14-21(29)26-13-16-6-5-11-34-16/h9-10,12,16H,3-8,11,13-14H2,1-2H3,(H,26,29)/t16-/m0/s1. The summed E-state index contributed by atoms with van der Waals surface area (Å²) in [6.45, 7) is 0.930. The average molecular weight is 500 g/mol. The summed E-state index contributed by atoms with van der Waals surface area (Å²) in [5.74, 6) is 0.588. The van der Waals surface area contributed by atoms with E-state index >= 15 is 0 Å². The molecule has 0 radical (unpaired) electrons. The first-order valence-corrected chi connectivity index (χ1v) is 12.7. The summed E-state index contributed by atoms with van der Waals surface area (Å²) in [4.78, 5) is 42.1. The molecule has 2 aromatic heterocycles. The van der Waals surface area contributed by atoms with Gasteiger partial charge in [0.2, 0.25) is 5.91 Å². The van der Waals surface area contributed by atoms with E-state index in [4.69, 9.17) is 14.2 Å². The topological polar surface area (TPSA) is 101 Å². The van der Waals surface area contributed by atoms with Gasteiger partial charge in [-0.25, -0.2) is 9.36 Å². The van der Waals surface area contributed by atoms with E-state index < -0.39 is 5.69 Å². The zero-order chi connectivity index (χ0) is 24.5. The Morgan fingerprint density at radius 2 is 2.00 bits per heavy atom. The van der Waals surface area contributed by atoms with Gasteiger partial charge in [0.15, 0.2) is 0 Å². The molecule has 1 fully saturated rings. The van der Waals surface area contributed by atoms with Crippen molar-refractivity contribution >= 4 is 27.5 Å². The van der Waals surface area contributed by atoms with Crippen molar-refractivity contribution < 1.29 is 19.0 Å². The van der Waals surface area contributed by atoms with Crippen molar-refractivity contribution in [2.45, 2.75) is 51.2 Å². The van der Waals surface area contributed by atoms with Gasteiger partial charge in [0.1, 0.15) is 22.9 Å². The molecule has 0 saturated carbocycles. The molecule has 1 aromatic carbocycles. The Bertz CT molecular complexity index is 1380. The Morgan fingerprint density at radius 3 is 2.74 bits per heavy atom. The van der Waals surface area contributed by atoms with E-state index in [0.29, 0.717) is 40.6 Å². The van der Waals surface area contributed by atoms with Crippen LogP contribution in [0.25, 0.3) is 15.9 Å². The number of fused-ring (bicyclic) bond motifs is 3. The number of carbonyl (C=O) groups excluding carboxylic acids is 1. The molecule has 1 saturated heterocycles. The van der Waals surface area contributed by atoms with Gasteiger partial charge in [0.05, 0.1) is 31.4 Å². The third-order valence-electron chi connectivity index (χ3n) is 6.72. The third kappa shape index (κ3) is 4.36. The average Bonchev–Trinajstić information content (AvgIpc) is 3.53. The van der Waals surface area contributed by atoms with Crippen molar-refractivity contribution in [1.82, 2.24) is 14.5 Å². The van der Waals surface area contributed by atoms with E-state index in [9.17, 15) is 14.4 Å². The highest BCUT2D eigenvalue weighted by molar-refractivity contribution is 7.18. The molecular formula is C25H29N3O6S. The second kappa shape index (κ2) is 9.87. The van der Waals surface area contributed by atoms with E-state index in [2.05, 4.69) is 5.32 Å². The van der Waals surface area contributed by atoms with Gasteiger partial charge < -0.3 is 19.5 Å². The first-order chi connectivity index (χ1) is 17.0. The largest absolute Gasteiger partial charge is 0.497 e. The Balaban J connectivity index is 1.65. The number of nitrogens with one attached hydrogen (secondary N) is 1. The van der Waals surface area contributed by atoms with E-state index in [1.165, 1.54) is 30.1 Å². The van der Waals surface area contributed by atoms with Crippen molar-refractivity contribution in [3.63, 3.8) is 0 Å². The molecule has 10 heteroatoms. The number of aromatic nitrogens is 2. The smallest absolute Gasteiger partial charge is 0.337 e. The first-order valence-electron chi connectivity index (χ1n) is 11.9. The van der Waals surface area contributed by atoms with Crippen molar-refractivity contribution in [3.8, 4) is 17.2 Å². The van der Waals surface area contributed by atoms with Crippen molar-refractivity contribution in [2.75, 3.05) is 27.4 Å². The molecule has 1 N–H and O–H groups in total. The van der Waals surface area contributed by atoms with Gasteiger partial charge in [-0.15, -0.1) is 11.3 Å². The minimum absolute atomic E-state index is 0.00209. The SMILES string of the molecule is COc1ccc(-n2c(=O)c3c4c(sc3n(CC(=O)NC[C@@H]3CCCO3)c2=O)CCCC4)c(OC)c1. The molecule has 1 aliphatic heterocycles. The maximum atomic E-state index is 13.8. The number of rotatable bonds is 7. The third-order valence-corrected chi connectivity index (χ3v) is 8.03. The maximum Gasteiger partial charge on any atom is 0.337 e. The fraction of sp³-hybridized carbons (Fsp3) is 0.480. The van der Waals surface area contributed by atoms with Crippen LogP contribution < -0.4 is 26.0 Å². The molecular weight excluding hydrogens is 470 g/mol. The number of thiophene rings is 1. The lowest BCUT2D eigenvalue weighted by Crippen LogP contribution is -2.42. The molecule has 35 heavy (non-hydrogen) atoms. The second-order valence-electron chi connectivity index (χ2n) is 8.88. The van der Waals surface area contributed by atoms with Crippen molar-refractivity contribution in [3.05, 3.63) is 49.5 Å². The molecule has 9 nitrogen and oxygen atoms in total. The normalized spacial score (nSPS) is 17.4. The molecule has 0 spiro atoms. The quantitative estimate of drug-likeness (QED) is 0.536. The van der Waals surface area contributed by atoms with E-state index in [1.54, 1.807) is 18.2 Å². The van der Waals surface area contributed by atoms with E-state index in [0.717, 1.165) is 53.5 Å². The molecule has 2 aliphatic rings. The molecule has 3 heterocycles. The second-order valence-corrected chi connectivity index (χ2v) is 9.96. The molecule has 186 valence electrons. The summed E-state index contributed by atoms with van der Waals surface area (Å²) in [5, 5.41) is 3.41. The lowest BCUT2D eigenvalue weighted by molar-refractivity contribution is -0.122. The van der Waals surface area contributed by atoms with E-state index in [1.807, 2.05) is 0 Å². The minimum Gasteiger partial charge on any atom is -0.497 e. The van der Waals surface area contributed by atoms with Crippen LogP contribution in [-0.2, 0) is 28.9 Å². The number of hydrogen-bond donors (Lipinski definition) is 1. The lowest BCUT2D eigenvalue weighted by Gasteiger charge is -2.16. The molecule has 0 unspecified atom stereocenters. The van der Waals surface area contributed by atoms with Crippen LogP contribution in [0.15, 0.2) is 27.8 Å². The van der Waals surface area contributed by atoms with Gasteiger partial charge in [0, 0.05) is 24.1 Å².